The number of rotatable bonds is 6. The van der Waals surface area contributed by atoms with Crippen LogP contribution >= 0.6 is 11.6 Å². The Kier molecular flexibility index (Phi) is 9.85. The first-order valence-electron chi connectivity index (χ1n) is 11.2. The van der Waals surface area contributed by atoms with Gasteiger partial charge in [-0.15, -0.1) is 0 Å². The molecule has 34 heavy (non-hydrogen) atoms. The maximum absolute atomic E-state index is 13.3. The van der Waals surface area contributed by atoms with Gasteiger partial charge < -0.3 is 20.7 Å². The molecule has 2 aromatic heterocycles. The third-order valence-electron chi connectivity index (χ3n) is 5.49. The van der Waals surface area contributed by atoms with E-state index in [1.165, 1.54) is 44.6 Å². The van der Waals surface area contributed by atoms with Gasteiger partial charge >= 0.3 is 6.18 Å². The summed E-state index contributed by atoms with van der Waals surface area (Å²) in [5.74, 6) is 0.00952. The van der Waals surface area contributed by atoms with Crippen LogP contribution in [-0.4, -0.2) is 54.2 Å². The van der Waals surface area contributed by atoms with Crippen LogP contribution in [0.15, 0.2) is 18.5 Å². The monoisotopic (exact) mass is 500 g/mol. The zero-order valence-electron chi connectivity index (χ0n) is 18.6. The molecular formula is C22H28ClF3N6O2. The smallest absolute Gasteiger partial charge is 0.381 e. The Labute approximate surface area is 201 Å². The highest BCUT2D eigenvalue weighted by Crippen LogP contribution is 2.35. The maximum atomic E-state index is 13.3. The van der Waals surface area contributed by atoms with E-state index in [2.05, 4.69) is 30.9 Å². The Hall–Kier alpha value is -2.50. The first kappa shape index (κ1) is 26.1. The van der Waals surface area contributed by atoms with Gasteiger partial charge in [-0.25, -0.2) is 15.0 Å². The number of anilines is 2. The van der Waals surface area contributed by atoms with E-state index in [-0.39, 0.29) is 28.3 Å². The molecule has 2 aromatic rings. The fraction of sp³-hybridized carbons (Fsp3) is 0.545. The molecule has 2 aliphatic heterocycles. The van der Waals surface area contributed by atoms with Gasteiger partial charge in [0.1, 0.15) is 5.82 Å². The lowest BCUT2D eigenvalue weighted by Gasteiger charge is -2.23. The SMILES string of the molecule is C1CCNCC1.O=CNc1cc(-c2cnc(C(F)(F)F)c(NCC3CCOCC3)n2)c(Cl)cn1. The molecule has 0 unspecified atom stereocenters. The Bertz CT molecular complexity index is 926. The summed E-state index contributed by atoms with van der Waals surface area (Å²) in [5.41, 5.74) is -0.667. The van der Waals surface area contributed by atoms with Crippen molar-refractivity contribution in [3.05, 3.63) is 29.2 Å². The van der Waals surface area contributed by atoms with Crippen LogP contribution in [0.3, 0.4) is 0 Å². The first-order chi connectivity index (χ1) is 16.4. The van der Waals surface area contributed by atoms with Gasteiger partial charge in [0.05, 0.1) is 16.9 Å². The predicted octanol–water partition coefficient (Wildman–Crippen LogP) is 4.38. The summed E-state index contributed by atoms with van der Waals surface area (Å²) in [6, 6.07) is 1.41. The van der Waals surface area contributed by atoms with Crippen molar-refractivity contribution in [1.82, 2.24) is 20.3 Å². The molecular weight excluding hydrogens is 473 g/mol. The van der Waals surface area contributed by atoms with E-state index in [9.17, 15) is 18.0 Å². The summed E-state index contributed by atoms with van der Waals surface area (Å²) >= 11 is 6.11. The molecule has 8 nitrogen and oxygen atoms in total. The number of hydrogen-bond acceptors (Lipinski definition) is 7. The van der Waals surface area contributed by atoms with Crippen LogP contribution in [0.5, 0.6) is 0 Å². The molecule has 0 atom stereocenters. The molecule has 0 saturated carbocycles. The van der Waals surface area contributed by atoms with Crippen molar-refractivity contribution >= 4 is 29.6 Å². The fourth-order valence-corrected chi connectivity index (χ4v) is 3.82. The Morgan fingerprint density at radius 1 is 1.15 bits per heavy atom. The van der Waals surface area contributed by atoms with E-state index in [4.69, 9.17) is 16.3 Å². The summed E-state index contributed by atoms with van der Waals surface area (Å²) in [6.45, 7) is 4.00. The molecule has 12 heteroatoms. The number of carbonyl (C=O) groups excluding carboxylic acids is 1. The fourth-order valence-electron chi connectivity index (χ4n) is 3.62. The molecule has 0 spiro atoms. The van der Waals surface area contributed by atoms with Gasteiger partial charge in [0.15, 0.2) is 11.5 Å². The van der Waals surface area contributed by atoms with Gasteiger partial charge in [-0.05, 0) is 50.8 Å². The summed E-state index contributed by atoms with van der Waals surface area (Å²) in [4.78, 5) is 22.2. The van der Waals surface area contributed by atoms with E-state index in [0.29, 0.717) is 31.7 Å². The van der Waals surface area contributed by atoms with Gasteiger partial charge in [0, 0.05) is 31.5 Å². The van der Waals surface area contributed by atoms with Gasteiger partial charge in [-0.1, -0.05) is 18.0 Å². The second kappa shape index (κ2) is 12.8. The third-order valence-corrected chi connectivity index (χ3v) is 5.79. The molecule has 0 aromatic carbocycles. The molecule has 2 saturated heterocycles. The number of pyridine rings is 1. The molecule has 4 heterocycles. The van der Waals surface area contributed by atoms with Crippen molar-refractivity contribution in [2.45, 2.75) is 38.3 Å². The normalized spacial score (nSPS) is 16.8. The number of nitrogens with zero attached hydrogens (tertiary/aromatic N) is 3. The van der Waals surface area contributed by atoms with Crippen LogP contribution in [0.1, 0.15) is 37.8 Å². The highest BCUT2D eigenvalue weighted by atomic mass is 35.5. The first-order valence-corrected chi connectivity index (χ1v) is 11.6. The summed E-state index contributed by atoms with van der Waals surface area (Å²) < 4.78 is 45.3. The van der Waals surface area contributed by atoms with Crippen molar-refractivity contribution in [3.63, 3.8) is 0 Å². The maximum Gasteiger partial charge on any atom is 0.437 e. The van der Waals surface area contributed by atoms with E-state index in [1.54, 1.807) is 0 Å². The lowest BCUT2D eigenvalue weighted by molar-refractivity contribution is -0.140. The molecule has 0 radical (unpaired) electrons. The minimum absolute atomic E-state index is 0.129. The number of alkyl halides is 3. The van der Waals surface area contributed by atoms with Crippen LogP contribution < -0.4 is 16.0 Å². The van der Waals surface area contributed by atoms with Gasteiger partial charge in [0.25, 0.3) is 0 Å². The van der Waals surface area contributed by atoms with E-state index in [1.807, 2.05) is 0 Å². The predicted molar refractivity (Wildman–Crippen MR) is 124 cm³/mol. The molecule has 3 N–H and O–H groups in total. The minimum atomic E-state index is -4.66. The molecule has 0 bridgehead atoms. The van der Waals surface area contributed by atoms with E-state index in [0.717, 1.165) is 19.0 Å². The zero-order valence-corrected chi connectivity index (χ0v) is 19.4. The van der Waals surface area contributed by atoms with Crippen molar-refractivity contribution in [1.29, 1.82) is 0 Å². The van der Waals surface area contributed by atoms with Crippen LogP contribution in [0.25, 0.3) is 11.3 Å². The molecule has 2 fully saturated rings. The highest BCUT2D eigenvalue weighted by molar-refractivity contribution is 6.33. The average molecular weight is 501 g/mol. The van der Waals surface area contributed by atoms with Gasteiger partial charge in [-0.2, -0.15) is 13.2 Å². The lowest BCUT2D eigenvalue weighted by Crippen LogP contribution is -2.24. The zero-order chi connectivity index (χ0) is 24.4. The molecule has 4 rings (SSSR count). The number of carbonyl (C=O) groups is 1. The lowest BCUT2D eigenvalue weighted by atomic mass is 10.0. The van der Waals surface area contributed by atoms with Crippen LogP contribution in [0.4, 0.5) is 24.8 Å². The molecule has 2 aliphatic rings. The Morgan fingerprint density at radius 3 is 2.47 bits per heavy atom. The average Bonchev–Trinajstić information content (AvgIpc) is 2.85. The van der Waals surface area contributed by atoms with Crippen molar-refractivity contribution in [2.75, 3.05) is 43.5 Å². The quantitative estimate of drug-likeness (QED) is 0.506. The molecule has 186 valence electrons. The largest absolute Gasteiger partial charge is 0.437 e. The number of piperidine rings is 1. The van der Waals surface area contributed by atoms with Crippen molar-refractivity contribution in [3.8, 4) is 11.3 Å². The van der Waals surface area contributed by atoms with Gasteiger partial charge in [-0.3, -0.25) is 4.79 Å². The van der Waals surface area contributed by atoms with Gasteiger partial charge in [0.2, 0.25) is 6.41 Å². The van der Waals surface area contributed by atoms with Crippen LogP contribution in [-0.2, 0) is 15.7 Å². The summed E-state index contributed by atoms with van der Waals surface area (Å²) in [6.07, 6.45) is 3.78. The van der Waals surface area contributed by atoms with Crippen LogP contribution in [0.2, 0.25) is 5.02 Å². The third kappa shape index (κ3) is 7.78. The topological polar surface area (TPSA) is 101 Å². The number of ether oxygens (including phenoxy) is 1. The Morgan fingerprint density at radius 2 is 1.88 bits per heavy atom. The number of nitrogens with one attached hydrogen (secondary N) is 3. The number of aromatic nitrogens is 3. The summed E-state index contributed by atoms with van der Waals surface area (Å²) in [7, 11) is 0. The number of hydrogen-bond donors (Lipinski definition) is 3. The molecule has 1 amide bonds. The van der Waals surface area contributed by atoms with E-state index >= 15 is 0 Å². The number of amides is 1. The van der Waals surface area contributed by atoms with Crippen LogP contribution in [0, 0.1) is 5.92 Å². The standard InChI is InChI=1S/C17H17ClF3N5O2.C5H11N/c18-12-7-22-14(25-9-27)5-11(12)13-8-23-15(17(19,20)21)16(26-13)24-6-10-1-3-28-4-2-10;1-2-4-6-5-3-1/h5,7-10H,1-4,6H2,(H,24,26)(H,22,25,27);6H,1-5H2. The second-order valence-electron chi connectivity index (χ2n) is 8.01. The van der Waals surface area contributed by atoms with E-state index < -0.39 is 11.9 Å². The number of halogens is 4. The minimum Gasteiger partial charge on any atom is -0.381 e. The van der Waals surface area contributed by atoms with Crippen molar-refractivity contribution < 1.29 is 22.7 Å². The van der Waals surface area contributed by atoms with Crippen molar-refractivity contribution in [2.24, 2.45) is 5.92 Å². The summed E-state index contributed by atoms with van der Waals surface area (Å²) in [5, 5.41) is 8.59. The highest BCUT2D eigenvalue weighted by Gasteiger charge is 2.37. The second-order valence-corrected chi connectivity index (χ2v) is 8.42. The Balaban J connectivity index is 0.000000469. The molecule has 0 aliphatic carbocycles.